The van der Waals surface area contributed by atoms with Crippen molar-refractivity contribution in [3.8, 4) is 0 Å². The summed E-state index contributed by atoms with van der Waals surface area (Å²) >= 11 is 0. The summed E-state index contributed by atoms with van der Waals surface area (Å²) in [6.45, 7) is 2.88. The maximum absolute atomic E-state index is 10.6. The number of carboxylic acids is 1. The van der Waals surface area contributed by atoms with Crippen LogP contribution in [0.4, 0.5) is 0 Å². The number of rotatable bonds is 4. The first-order valence-electron chi connectivity index (χ1n) is 5.72. The summed E-state index contributed by atoms with van der Waals surface area (Å²) in [7, 11) is 0. The van der Waals surface area contributed by atoms with Gasteiger partial charge in [0.2, 0.25) is 0 Å². The van der Waals surface area contributed by atoms with Gasteiger partial charge >= 0.3 is 5.97 Å². The largest absolute Gasteiger partial charge is 0.481 e. The van der Waals surface area contributed by atoms with Crippen LogP contribution in [0.5, 0.6) is 0 Å². The van der Waals surface area contributed by atoms with E-state index in [4.69, 9.17) is 5.11 Å². The van der Waals surface area contributed by atoms with Crippen LogP contribution >= 0.6 is 12.4 Å². The molecule has 1 aliphatic heterocycles. The Bertz CT molecular complexity index is 356. The highest BCUT2D eigenvalue weighted by Crippen LogP contribution is 2.21. The van der Waals surface area contributed by atoms with Crippen molar-refractivity contribution in [2.75, 3.05) is 13.1 Å². The van der Waals surface area contributed by atoms with E-state index in [1.54, 1.807) is 0 Å². The van der Waals surface area contributed by atoms with Crippen molar-refractivity contribution in [2.24, 2.45) is 5.92 Å². The van der Waals surface area contributed by atoms with Gasteiger partial charge < -0.3 is 5.11 Å². The van der Waals surface area contributed by atoms with Gasteiger partial charge in [0.25, 0.3) is 0 Å². The number of likely N-dealkylation sites (tertiary alicyclic amines) is 1. The highest BCUT2D eigenvalue weighted by atomic mass is 35.5. The molecule has 1 N–H and O–H groups in total. The molecule has 0 amide bonds. The van der Waals surface area contributed by atoms with Crippen molar-refractivity contribution in [1.29, 1.82) is 0 Å². The van der Waals surface area contributed by atoms with E-state index in [9.17, 15) is 4.79 Å². The molecule has 1 aromatic rings. The Balaban J connectivity index is 0.00000144. The average Bonchev–Trinajstić information content (AvgIpc) is 2.66. The van der Waals surface area contributed by atoms with Gasteiger partial charge in [-0.05, 0) is 24.4 Å². The first-order valence-corrected chi connectivity index (χ1v) is 5.72. The zero-order valence-corrected chi connectivity index (χ0v) is 10.5. The Morgan fingerprint density at radius 2 is 2.06 bits per heavy atom. The number of halogens is 1. The van der Waals surface area contributed by atoms with Crippen molar-refractivity contribution in [2.45, 2.75) is 19.4 Å². The minimum Gasteiger partial charge on any atom is -0.481 e. The molecule has 3 nitrogen and oxygen atoms in total. The van der Waals surface area contributed by atoms with Gasteiger partial charge in [0.05, 0.1) is 0 Å². The fraction of sp³-hybridized carbons (Fsp3) is 0.462. The van der Waals surface area contributed by atoms with Crippen molar-refractivity contribution in [3.05, 3.63) is 35.9 Å². The van der Waals surface area contributed by atoms with Gasteiger partial charge in [0.1, 0.15) is 0 Å². The molecule has 0 spiro atoms. The van der Waals surface area contributed by atoms with Crippen LogP contribution in [0.1, 0.15) is 18.4 Å². The lowest BCUT2D eigenvalue weighted by atomic mass is 10.1. The lowest BCUT2D eigenvalue weighted by molar-refractivity contribution is -0.138. The van der Waals surface area contributed by atoms with Crippen molar-refractivity contribution in [1.82, 2.24) is 4.90 Å². The molecule has 2 rings (SSSR count). The number of hydrogen-bond donors (Lipinski definition) is 1. The quantitative estimate of drug-likeness (QED) is 0.898. The van der Waals surface area contributed by atoms with E-state index in [1.165, 1.54) is 5.56 Å². The van der Waals surface area contributed by atoms with Gasteiger partial charge in [-0.1, -0.05) is 30.3 Å². The maximum atomic E-state index is 10.6. The SMILES string of the molecule is Cl.O=C(O)CC1CCN(Cc2ccccc2)C1. The molecule has 0 saturated carbocycles. The van der Waals surface area contributed by atoms with Crippen molar-refractivity contribution >= 4 is 18.4 Å². The number of carbonyl (C=O) groups is 1. The first kappa shape index (κ1) is 14.0. The third-order valence-corrected chi connectivity index (χ3v) is 3.08. The van der Waals surface area contributed by atoms with Gasteiger partial charge in [-0.2, -0.15) is 0 Å². The Kier molecular flexibility index (Phi) is 5.45. The predicted molar refractivity (Wildman–Crippen MR) is 69.3 cm³/mol. The highest BCUT2D eigenvalue weighted by molar-refractivity contribution is 5.85. The van der Waals surface area contributed by atoms with Crippen molar-refractivity contribution < 1.29 is 9.90 Å². The van der Waals surface area contributed by atoms with Gasteiger partial charge in [-0.15, -0.1) is 12.4 Å². The van der Waals surface area contributed by atoms with Gasteiger partial charge in [0, 0.05) is 19.5 Å². The molecular formula is C13H18ClNO2. The van der Waals surface area contributed by atoms with Crippen LogP contribution in [0.15, 0.2) is 30.3 Å². The van der Waals surface area contributed by atoms with Crippen LogP contribution in [0.2, 0.25) is 0 Å². The monoisotopic (exact) mass is 255 g/mol. The zero-order chi connectivity index (χ0) is 11.4. The lowest BCUT2D eigenvalue weighted by Crippen LogP contribution is -2.20. The van der Waals surface area contributed by atoms with E-state index < -0.39 is 5.97 Å². The van der Waals surface area contributed by atoms with Crippen LogP contribution in [0, 0.1) is 5.92 Å². The van der Waals surface area contributed by atoms with E-state index >= 15 is 0 Å². The highest BCUT2D eigenvalue weighted by Gasteiger charge is 2.24. The molecule has 1 fully saturated rings. The molecule has 0 aromatic heterocycles. The number of aliphatic carboxylic acids is 1. The smallest absolute Gasteiger partial charge is 0.303 e. The molecule has 1 saturated heterocycles. The fourth-order valence-electron chi connectivity index (χ4n) is 2.31. The van der Waals surface area contributed by atoms with E-state index in [1.807, 2.05) is 18.2 Å². The van der Waals surface area contributed by atoms with Crippen LogP contribution in [0.3, 0.4) is 0 Å². The van der Waals surface area contributed by atoms with E-state index in [0.29, 0.717) is 12.3 Å². The Morgan fingerprint density at radius 1 is 1.35 bits per heavy atom. The maximum Gasteiger partial charge on any atom is 0.303 e. The summed E-state index contributed by atoms with van der Waals surface area (Å²) < 4.78 is 0. The first-order chi connectivity index (χ1) is 7.74. The molecule has 0 bridgehead atoms. The molecular weight excluding hydrogens is 238 g/mol. The average molecular weight is 256 g/mol. The molecule has 1 atom stereocenters. The second kappa shape index (κ2) is 6.62. The lowest BCUT2D eigenvalue weighted by Gasteiger charge is -2.15. The van der Waals surface area contributed by atoms with E-state index in [0.717, 1.165) is 26.1 Å². The number of nitrogens with zero attached hydrogens (tertiary/aromatic N) is 1. The minimum absolute atomic E-state index is 0. The number of hydrogen-bond acceptors (Lipinski definition) is 2. The third kappa shape index (κ3) is 4.36. The molecule has 0 radical (unpaired) electrons. The molecule has 4 heteroatoms. The number of carboxylic acid groups (broad SMARTS) is 1. The van der Waals surface area contributed by atoms with Crippen LogP contribution in [0.25, 0.3) is 0 Å². The summed E-state index contributed by atoms with van der Waals surface area (Å²) in [5, 5.41) is 8.73. The second-order valence-corrected chi connectivity index (χ2v) is 4.47. The van der Waals surface area contributed by atoms with Gasteiger partial charge in [0.15, 0.2) is 0 Å². The molecule has 1 heterocycles. The minimum atomic E-state index is -0.674. The third-order valence-electron chi connectivity index (χ3n) is 3.08. The molecule has 94 valence electrons. The molecule has 0 aliphatic carbocycles. The zero-order valence-electron chi connectivity index (χ0n) is 9.71. The summed E-state index contributed by atoms with van der Waals surface area (Å²) in [5.74, 6) is -0.340. The summed E-state index contributed by atoms with van der Waals surface area (Å²) in [5.41, 5.74) is 1.30. The predicted octanol–water partition coefficient (Wildman–Crippen LogP) is 2.41. The Morgan fingerprint density at radius 3 is 2.71 bits per heavy atom. The molecule has 1 aromatic carbocycles. The summed E-state index contributed by atoms with van der Waals surface area (Å²) in [4.78, 5) is 12.9. The van der Waals surface area contributed by atoms with Crippen LogP contribution < -0.4 is 0 Å². The topological polar surface area (TPSA) is 40.5 Å². The Hall–Kier alpha value is -1.06. The normalized spacial score (nSPS) is 19.9. The summed E-state index contributed by atoms with van der Waals surface area (Å²) in [6, 6.07) is 10.3. The van der Waals surface area contributed by atoms with Crippen molar-refractivity contribution in [3.63, 3.8) is 0 Å². The van der Waals surface area contributed by atoms with Crippen LogP contribution in [-0.4, -0.2) is 29.1 Å². The second-order valence-electron chi connectivity index (χ2n) is 4.47. The van der Waals surface area contributed by atoms with Crippen LogP contribution in [-0.2, 0) is 11.3 Å². The molecule has 1 aliphatic rings. The van der Waals surface area contributed by atoms with Gasteiger partial charge in [-0.3, -0.25) is 9.69 Å². The van der Waals surface area contributed by atoms with E-state index in [-0.39, 0.29) is 12.4 Å². The summed E-state index contributed by atoms with van der Waals surface area (Å²) in [6.07, 6.45) is 1.32. The Labute approximate surface area is 108 Å². The molecule has 17 heavy (non-hydrogen) atoms. The number of benzene rings is 1. The fourth-order valence-corrected chi connectivity index (χ4v) is 2.31. The van der Waals surface area contributed by atoms with E-state index in [2.05, 4.69) is 17.0 Å². The van der Waals surface area contributed by atoms with Gasteiger partial charge in [-0.25, -0.2) is 0 Å². The molecule has 1 unspecified atom stereocenters. The standard InChI is InChI=1S/C13H17NO2.ClH/c15-13(16)8-12-6-7-14(10-12)9-11-4-2-1-3-5-11;/h1-5,12H,6-10H2,(H,15,16);1H.